The molecule has 0 unspecified atom stereocenters. The van der Waals surface area contributed by atoms with Crippen molar-refractivity contribution >= 4 is 0 Å². The number of aromatic nitrogens is 1. The fourth-order valence-electron chi connectivity index (χ4n) is 2.72. The van der Waals surface area contributed by atoms with Crippen molar-refractivity contribution in [3.8, 4) is 0 Å². The summed E-state index contributed by atoms with van der Waals surface area (Å²) in [6, 6.07) is 6.31. The van der Waals surface area contributed by atoms with Crippen molar-refractivity contribution in [1.29, 1.82) is 0 Å². The number of rotatable bonds is 13. The van der Waals surface area contributed by atoms with Crippen molar-refractivity contribution in [3.05, 3.63) is 30.6 Å². The Morgan fingerprint density at radius 2 is 1.00 bits per heavy atom. The zero-order chi connectivity index (χ0) is 14.3. The minimum absolute atomic E-state index is 0. The molecule has 0 atom stereocenters. The lowest BCUT2D eigenvalue weighted by atomic mass is 10.1. The van der Waals surface area contributed by atoms with Gasteiger partial charge >= 0.3 is 0 Å². The first-order chi connectivity index (χ1) is 9.93. The zero-order valence-corrected chi connectivity index (χ0v) is 15.2. The lowest BCUT2D eigenvalue weighted by molar-refractivity contribution is -0.697. The van der Waals surface area contributed by atoms with E-state index >= 15 is 0 Å². The number of hydrogen-bond acceptors (Lipinski definition) is 0. The van der Waals surface area contributed by atoms with Crippen molar-refractivity contribution in [2.75, 3.05) is 0 Å². The highest BCUT2D eigenvalue weighted by molar-refractivity contribution is 4.83. The molecule has 22 heavy (non-hydrogen) atoms. The van der Waals surface area contributed by atoms with Crippen molar-refractivity contribution in [2.24, 2.45) is 0 Å². The third-order valence-electron chi connectivity index (χ3n) is 4.05. The molecule has 130 valence electrons. The molecule has 0 saturated carbocycles. The number of pyridine rings is 1. The Hall–Kier alpha value is -0.600. The first-order valence-electron chi connectivity index (χ1n) is 8.87. The van der Waals surface area contributed by atoms with E-state index in [9.17, 15) is 0 Å². The molecule has 2 nitrogen and oxygen atoms in total. The van der Waals surface area contributed by atoms with Gasteiger partial charge in [0.1, 0.15) is 6.54 Å². The van der Waals surface area contributed by atoms with Crippen molar-refractivity contribution in [1.82, 2.24) is 0 Å². The van der Waals surface area contributed by atoms with Gasteiger partial charge in [0, 0.05) is 18.6 Å². The molecular weight excluding hydrogens is 294 g/mol. The smallest absolute Gasteiger partial charge is 0.168 e. The van der Waals surface area contributed by atoms with Crippen LogP contribution < -0.4 is 17.0 Å². The van der Waals surface area contributed by atoms with E-state index in [0.717, 1.165) is 0 Å². The van der Waals surface area contributed by atoms with E-state index in [4.69, 9.17) is 0 Å². The van der Waals surface area contributed by atoms with Gasteiger partial charge in [0.15, 0.2) is 12.4 Å². The third kappa shape index (κ3) is 14.3. The first kappa shape index (κ1) is 23.7. The average Bonchev–Trinajstić information content (AvgIpc) is 2.49. The van der Waals surface area contributed by atoms with E-state index in [0.29, 0.717) is 0 Å². The van der Waals surface area contributed by atoms with Gasteiger partial charge in [0.2, 0.25) is 0 Å². The summed E-state index contributed by atoms with van der Waals surface area (Å²) in [5.74, 6) is 0. The van der Waals surface area contributed by atoms with Crippen LogP contribution in [0.2, 0.25) is 0 Å². The molecule has 0 bridgehead atoms. The zero-order valence-electron chi connectivity index (χ0n) is 14.4. The summed E-state index contributed by atoms with van der Waals surface area (Å²) in [5, 5.41) is 0. The maximum absolute atomic E-state index is 2.29. The van der Waals surface area contributed by atoms with Crippen LogP contribution in [0.25, 0.3) is 0 Å². The predicted octanol–water partition coefficient (Wildman–Crippen LogP) is 1.85. The fraction of sp³-hybridized carbons (Fsp3) is 0.737. The van der Waals surface area contributed by atoms with Crippen LogP contribution in [-0.4, -0.2) is 5.48 Å². The van der Waals surface area contributed by atoms with Crippen LogP contribution >= 0.6 is 0 Å². The maximum atomic E-state index is 2.29. The minimum Gasteiger partial charge on any atom is -1.00 e. The molecule has 1 aromatic rings. The van der Waals surface area contributed by atoms with Crippen LogP contribution in [0.5, 0.6) is 0 Å². The quantitative estimate of drug-likeness (QED) is 0.391. The van der Waals surface area contributed by atoms with Crippen molar-refractivity contribution in [3.63, 3.8) is 0 Å². The van der Waals surface area contributed by atoms with Gasteiger partial charge in [0.25, 0.3) is 0 Å². The molecule has 0 aliphatic carbocycles. The second kappa shape index (κ2) is 18.4. The Balaban J connectivity index is 0. The number of halogens is 1. The summed E-state index contributed by atoms with van der Waals surface area (Å²) >= 11 is 0. The third-order valence-corrected chi connectivity index (χ3v) is 4.05. The highest BCUT2D eigenvalue weighted by Gasteiger charge is 1.97. The summed E-state index contributed by atoms with van der Waals surface area (Å²) in [7, 11) is 0. The molecule has 1 rings (SSSR count). The Kier molecular flexibility index (Phi) is 19.8. The molecule has 1 aromatic heterocycles. The van der Waals surface area contributed by atoms with Gasteiger partial charge in [-0.25, -0.2) is 4.57 Å². The molecule has 2 N–H and O–H groups in total. The van der Waals surface area contributed by atoms with E-state index in [2.05, 4.69) is 42.1 Å². The summed E-state index contributed by atoms with van der Waals surface area (Å²) in [5.41, 5.74) is 0. The predicted molar refractivity (Wildman–Crippen MR) is 91.3 cm³/mol. The Morgan fingerprint density at radius 3 is 1.45 bits per heavy atom. The minimum atomic E-state index is 0. The van der Waals surface area contributed by atoms with Gasteiger partial charge in [0.05, 0.1) is 0 Å². The van der Waals surface area contributed by atoms with Crippen molar-refractivity contribution < 1.29 is 22.5 Å². The first-order valence-corrected chi connectivity index (χ1v) is 8.87. The largest absolute Gasteiger partial charge is 1.00 e. The summed E-state index contributed by atoms with van der Waals surface area (Å²) in [4.78, 5) is 0. The molecular formula is C19H36ClNO. The molecule has 3 heteroatoms. The monoisotopic (exact) mass is 329 g/mol. The van der Waals surface area contributed by atoms with Crippen LogP contribution in [0, 0.1) is 0 Å². The van der Waals surface area contributed by atoms with E-state index in [1.54, 1.807) is 0 Å². The number of nitrogens with zero attached hydrogens (tertiary/aromatic N) is 1. The van der Waals surface area contributed by atoms with E-state index in [1.807, 2.05) is 0 Å². The molecule has 1 heterocycles. The lowest BCUT2D eigenvalue weighted by Gasteiger charge is -2.02. The lowest BCUT2D eigenvalue weighted by Crippen LogP contribution is -3.00. The molecule has 0 radical (unpaired) electrons. The topological polar surface area (TPSA) is 35.4 Å². The van der Waals surface area contributed by atoms with Crippen LogP contribution in [0.15, 0.2) is 30.6 Å². The number of unbranched alkanes of at least 4 members (excludes halogenated alkanes) is 11. The van der Waals surface area contributed by atoms with Gasteiger partial charge in [-0.2, -0.15) is 0 Å². The Bertz CT molecular complexity index is 306. The van der Waals surface area contributed by atoms with Gasteiger partial charge in [-0.05, 0) is 6.42 Å². The average molecular weight is 330 g/mol. The second-order valence-electron chi connectivity index (χ2n) is 6.00. The second-order valence-corrected chi connectivity index (χ2v) is 6.00. The summed E-state index contributed by atoms with van der Waals surface area (Å²) < 4.78 is 2.29. The summed E-state index contributed by atoms with van der Waals surface area (Å²) in [6.07, 6.45) is 21.4. The molecule has 0 aliphatic rings. The SMILES string of the molecule is CCCCCCCCCCCCCC[n+]1ccccc1.O.[Cl-]. The van der Waals surface area contributed by atoms with E-state index < -0.39 is 0 Å². The molecule has 0 saturated heterocycles. The fourth-order valence-corrected chi connectivity index (χ4v) is 2.72. The van der Waals surface area contributed by atoms with Crippen LogP contribution in [0.4, 0.5) is 0 Å². The standard InChI is InChI=1S/C19H34N.ClH.H2O/c1-2-3-4-5-6-7-8-9-10-11-12-14-17-20-18-15-13-16-19-20;;/h13,15-16,18-19H,2-12,14,17H2,1H3;1H;1H2/q+1;;/p-1. The van der Waals surface area contributed by atoms with Gasteiger partial charge in [-0.3, -0.25) is 0 Å². The Labute approximate surface area is 144 Å². The van der Waals surface area contributed by atoms with Gasteiger partial charge in [-0.1, -0.05) is 77.2 Å². The van der Waals surface area contributed by atoms with E-state index in [-0.39, 0.29) is 17.9 Å². The highest BCUT2D eigenvalue weighted by Crippen LogP contribution is 2.11. The molecule has 0 spiro atoms. The maximum Gasteiger partial charge on any atom is 0.168 e. The van der Waals surface area contributed by atoms with Crippen LogP contribution in [-0.2, 0) is 6.54 Å². The molecule has 0 aromatic carbocycles. The highest BCUT2D eigenvalue weighted by atomic mass is 35.5. The normalized spacial score (nSPS) is 9.86. The summed E-state index contributed by atoms with van der Waals surface area (Å²) in [6.45, 7) is 3.47. The van der Waals surface area contributed by atoms with Gasteiger partial charge < -0.3 is 17.9 Å². The Morgan fingerprint density at radius 1 is 0.591 bits per heavy atom. The van der Waals surface area contributed by atoms with Crippen LogP contribution in [0.3, 0.4) is 0 Å². The molecule has 0 aliphatic heterocycles. The van der Waals surface area contributed by atoms with E-state index in [1.165, 1.54) is 83.6 Å². The number of aryl methyl sites for hydroxylation is 1. The van der Waals surface area contributed by atoms with Gasteiger partial charge in [-0.15, -0.1) is 0 Å². The van der Waals surface area contributed by atoms with Crippen molar-refractivity contribution in [2.45, 2.75) is 90.5 Å². The number of hydrogen-bond donors (Lipinski definition) is 0. The molecule has 0 fully saturated rings. The molecule has 0 amide bonds. The van der Waals surface area contributed by atoms with Crippen LogP contribution in [0.1, 0.15) is 84.0 Å².